The Morgan fingerprint density at radius 1 is 0.565 bits per heavy atom. The quantitative estimate of drug-likeness (QED) is 0.0786. The molecule has 62 heavy (non-hydrogen) atoms. The molecule has 6 amide bonds. The van der Waals surface area contributed by atoms with E-state index in [2.05, 4.69) is 9.97 Å². The van der Waals surface area contributed by atoms with Gasteiger partial charge < -0.3 is 31.1 Å². The lowest BCUT2D eigenvalue weighted by molar-refractivity contribution is -0.178. The molecule has 2 saturated heterocycles. The molecule has 0 aliphatic carbocycles. The second-order valence-electron chi connectivity index (χ2n) is 15.1. The number of aromatic amines is 2. The summed E-state index contributed by atoms with van der Waals surface area (Å²) in [5, 5.41) is 3.25. The lowest BCUT2D eigenvalue weighted by atomic mass is 10.1. The highest BCUT2D eigenvalue weighted by Crippen LogP contribution is 2.29. The van der Waals surface area contributed by atoms with Crippen LogP contribution < -0.4 is 11.5 Å². The van der Waals surface area contributed by atoms with Crippen LogP contribution in [-0.2, 0) is 67.6 Å². The zero-order chi connectivity index (χ0) is 43.3. The Morgan fingerprint density at radius 2 is 0.968 bits per heavy atom. The molecule has 6 N–H and O–H groups in total. The Balaban J connectivity index is 0.978. The number of nitrogens with one attached hydrogen (secondary N) is 2. The summed E-state index contributed by atoms with van der Waals surface area (Å²) in [6, 6.07) is 24.8. The third-order valence-electron chi connectivity index (χ3n) is 11.0. The van der Waals surface area contributed by atoms with Crippen molar-refractivity contribution in [2.45, 2.75) is 50.9 Å². The number of nitrogens with two attached hydrogens (primary N) is 2. The van der Waals surface area contributed by atoms with E-state index in [1.54, 1.807) is 60.7 Å². The number of carbonyl (C=O) groups is 6. The Kier molecular flexibility index (Phi) is 11.9. The van der Waals surface area contributed by atoms with Crippen molar-refractivity contribution in [1.82, 2.24) is 29.9 Å². The van der Waals surface area contributed by atoms with Gasteiger partial charge in [0.05, 0.1) is 13.1 Å². The smallest absolute Gasteiger partial charge is 0.361 e. The lowest BCUT2D eigenvalue weighted by Crippen LogP contribution is -2.39. The molecule has 2 atom stereocenters. The van der Waals surface area contributed by atoms with Crippen LogP contribution in [0.15, 0.2) is 122 Å². The van der Waals surface area contributed by atoms with Crippen LogP contribution in [0, 0.1) is 0 Å². The van der Waals surface area contributed by atoms with E-state index in [0.717, 1.165) is 54.9 Å². The molecule has 16 nitrogen and oxygen atoms in total. The van der Waals surface area contributed by atoms with E-state index >= 15 is 0 Å². The maximum atomic E-state index is 13.9. The minimum Gasteiger partial charge on any atom is -0.361 e. The summed E-state index contributed by atoms with van der Waals surface area (Å²) in [5.41, 5.74) is 18.1. The third kappa shape index (κ3) is 8.54. The van der Waals surface area contributed by atoms with Gasteiger partial charge in [0, 0.05) is 59.2 Å². The first-order valence-electron chi connectivity index (χ1n) is 20.2. The van der Waals surface area contributed by atoms with E-state index < -0.39 is 47.9 Å². The van der Waals surface area contributed by atoms with Gasteiger partial charge in [-0.25, -0.2) is 19.2 Å². The van der Waals surface area contributed by atoms with E-state index in [0.29, 0.717) is 58.3 Å². The number of amides is 6. The molecule has 0 bridgehead atoms. The van der Waals surface area contributed by atoms with Crippen molar-refractivity contribution in [2.24, 2.45) is 11.5 Å². The normalized spacial score (nSPS) is 16.8. The summed E-state index contributed by atoms with van der Waals surface area (Å²) >= 11 is 0. The molecule has 8 rings (SSSR count). The first kappa shape index (κ1) is 41.2. The van der Waals surface area contributed by atoms with Gasteiger partial charge in [0.25, 0.3) is 11.8 Å². The van der Waals surface area contributed by atoms with Crippen molar-refractivity contribution in [2.75, 3.05) is 13.1 Å². The number of nitrogens with zero attached hydrogens (tertiary/aromatic N) is 4. The average molecular weight is 837 g/mol. The summed E-state index contributed by atoms with van der Waals surface area (Å²) < 4.78 is 0. The fourth-order valence-electron chi connectivity index (χ4n) is 7.89. The van der Waals surface area contributed by atoms with Crippen LogP contribution in [0.3, 0.4) is 0 Å². The van der Waals surface area contributed by atoms with Crippen molar-refractivity contribution in [3.63, 3.8) is 0 Å². The zero-order valence-corrected chi connectivity index (χ0v) is 33.6. The largest absolute Gasteiger partial charge is 0.361 e. The maximum Gasteiger partial charge on any atom is 0.361 e. The standard InChI is InChI=1S/C46H44N8O8/c47-19-17-33-25-49-37-13-11-31(21-35(33)37)27-51-43(57)39(23-29-7-3-1-4-8-29)53(45(51)59)61-41(55)15-16-42(56)62-54-40(24-30-9-5-2-6-10-30)44(58)52(46(54)60)28-32-12-14-38-36(22-32)34(18-20-48)26-50-38/h1-16,21-22,25-26,39-40,49-50H,17-20,23-24,27-28,47-48H2/b16-15-. The Morgan fingerprint density at radius 3 is 1.35 bits per heavy atom. The predicted molar refractivity (Wildman–Crippen MR) is 227 cm³/mol. The summed E-state index contributed by atoms with van der Waals surface area (Å²) in [5.74, 6) is -3.49. The molecule has 0 saturated carbocycles. The van der Waals surface area contributed by atoms with E-state index in [1.807, 2.05) is 48.8 Å². The fraction of sp³-hybridized carbons (Fsp3) is 0.217. The molecule has 2 unspecified atom stereocenters. The van der Waals surface area contributed by atoms with Gasteiger partial charge in [-0.15, -0.1) is 10.1 Å². The minimum atomic E-state index is -1.21. The molecule has 2 aromatic heterocycles. The first-order chi connectivity index (χ1) is 30.1. The van der Waals surface area contributed by atoms with Crippen LogP contribution in [0.1, 0.15) is 33.4 Å². The maximum absolute atomic E-state index is 13.9. The molecular formula is C46H44N8O8. The Bertz CT molecular complexity index is 2510. The highest BCUT2D eigenvalue weighted by Gasteiger charge is 2.49. The van der Waals surface area contributed by atoms with Gasteiger partial charge in [0.1, 0.15) is 0 Å². The number of hydrogen-bond acceptors (Lipinski definition) is 10. The zero-order valence-electron chi connectivity index (χ0n) is 33.6. The average Bonchev–Trinajstić information content (AvgIpc) is 3.99. The number of imide groups is 2. The van der Waals surface area contributed by atoms with Gasteiger partial charge in [-0.3, -0.25) is 19.4 Å². The molecule has 2 aliphatic heterocycles. The van der Waals surface area contributed by atoms with Gasteiger partial charge in [-0.2, -0.15) is 0 Å². The molecule has 0 spiro atoms. The summed E-state index contributed by atoms with van der Waals surface area (Å²) in [4.78, 5) is 101. The molecule has 2 fully saturated rings. The fourth-order valence-corrected chi connectivity index (χ4v) is 7.89. The molecule has 316 valence electrons. The number of aromatic nitrogens is 2. The Hall–Kier alpha value is -7.56. The van der Waals surface area contributed by atoms with Crippen molar-refractivity contribution in [1.29, 1.82) is 0 Å². The van der Waals surface area contributed by atoms with Gasteiger partial charge >= 0.3 is 24.0 Å². The van der Waals surface area contributed by atoms with Crippen molar-refractivity contribution >= 4 is 57.6 Å². The molecule has 16 heteroatoms. The molecule has 6 aromatic rings. The number of urea groups is 2. The lowest BCUT2D eigenvalue weighted by Gasteiger charge is -2.20. The third-order valence-corrected chi connectivity index (χ3v) is 11.0. The molecule has 2 aliphatic rings. The topological polar surface area (TPSA) is 217 Å². The molecular weight excluding hydrogens is 793 g/mol. The van der Waals surface area contributed by atoms with Crippen LogP contribution in [0.5, 0.6) is 0 Å². The second kappa shape index (κ2) is 18.0. The molecule has 4 heterocycles. The number of rotatable bonds is 16. The van der Waals surface area contributed by atoms with Gasteiger partial charge in [0.2, 0.25) is 0 Å². The van der Waals surface area contributed by atoms with Gasteiger partial charge in [-0.05, 0) is 83.6 Å². The highest BCUT2D eigenvalue weighted by atomic mass is 16.7. The van der Waals surface area contributed by atoms with Crippen molar-refractivity contribution < 1.29 is 38.4 Å². The summed E-state index contributed by atoms with van der Waals surface area (Å²) in [6.45, 7) is 0.701. The van der Waals surface area contributed by atoms with E-state index in [9.17, 15) is 28.8 Å². The first-order valence-corrected chi connectivity index (χ1v) is 20.2. The van der Waals surface area contributed by atoms with Gasteiger partial charge in [-0.1, -0.05) is 72.8 Å². The van der Waals surface area contributed by atoms with Crippen molar-refractivity contribution in [3.05, 3.63) is 155 Å². The van der Waals surface area contributed by atoms with E-state index in [1.165, 1.54) is 0 Å². The predicted octanol–water partition coefficient (Wildman–Crippen LogP) is 4.58. The number of hydroxylamine groups is 4. The van der Waals surface area contributed by atoms with Crippen LogP contribution in [0.25, 0.3) is 21.8 Å². The SMILES string of the molecule is NCCc1c[nH]c2ccc(CN3C(=O)C(Cc4ccccc4)N(OC(=O)/C=C\C(=O)ON4C(=O)N(Cc5ccc6[nH]cc(CCN)c6c5)C(=O)C4Cc4ccccc4)C3=O)cc12. The van der Waals surface area contributed by atoms with Gasteiger partial charge in [0.15, 0.2) is 12.1 Å². The van der Waals surface area contributed by atoms with Crippen LogP contribution >= 0.6 is 0 Å². The summed E-state index contributed by atoms with van der Waals surface area (Å²) in [6.07, 6.45) is 6.54. The highest BCUT2D eigenvalue weighted by molar-refractivity contribution is 6.06. The second-order valence-corrected chi connectivity index (χ2v) is 15.1. The van der Waals surface area contributed by atoms with E-state index in [-0.39, 0.29) is 25.9 Å². The minimum absolute atomic E-state index is 0.0384. The number of hydrogen-bond donors (Lipinski definition) is 4. The van der Waals surface area contributed by atoms with Crippen LogP contribution in [0.4, 0.5) is 9.59 Å². The summed E-state index contributed by atoms with van der Waals surface area (Å²) in [7, 11) is 0. The van der Waals surface area contributed by atoms with Crippen LogP contribution in [0.2, 0.25) is 0 Å². The molecule has 4 aromatic carbocycles. The number of fused-ring (bicyclic) bond motifs is 2. The Labute approximate surface area is 355 Å². The number of carbonyl (C=O) groups excluding carboxylic acids is 6. The van der Waals surface area contributed by atoms with Crippen LogP contribution in [-0.4, -0.2) is 90.9 Å². The monoisotopic (exact) mass is 836 g/mol. The van der Waals surface area contributed by atoms with Crippen molar-refractivity contribution in [3.8, 4) is 0 Å². The molecule has 0 radical (unpaired) electrons. The number of benzene rings is 4. The van der Waals surface area contributed by atoms with E-state index in [4.69, 9.17) is 21.1 Å². The number of H-pyrrole nitrogens is 2.